The molecule has 0 N–H and O–H groups in total. The van der Waals surface area contributed by atoms with Crippen LogP contribution in [0.5, 0.6) is 0 Å². The first-order valence-electron chi connectivity index (χ1n) is 4.11. The maximum absolute atomic E-state index is 2.49. The van der Waals surface area contributed by atoms with Gasteiger partial charge in [-0.3, -0.25) is 0 Å². The Bertz CT molecular complexity index is 196. The fourth-order valence-electron chi connectivity index (χ4n) is 4.46. The van der Waals surface area contributed by atoms with Crippen LogP contribution in [0.4, 0.5) is 0 Å². The molecule has 0 nitrogen and oxygen atoms in total. The molecule has 9 heavy (non-hydrogen) atoms. The highest BCUT2D eigenvalue weighted by atomic mass is 15.1. The van der Waals surface area contributed by atoms with Crippen molar-refractivity contribution in [2.45, 2.75) is 33.6 Å². The van der Waals surface area contributed by atoms with Crippen LogP contribution >= 0.6 is 0 Å². The Morgan fingerprint density at radius 3 is 1.89 bits per heavy atom. The molecule has 0 amide bonds. The highest BCUT2D eigenvalue weighted by molar-refractivity contribution is 5.49. The molecule has 3 saturated carbocycles. The molecule has 3 rings (SSSR count). The zero-order chi connectivity index (χ0) is 6.49. The lowest BCUT2D eigenvalue weighted by molar-refractivity contribution is 0.114. The Morgan fingerprint density at radius 1 is 1.22 bits per heavy atom. The van der Waals surface area contributed by atoms with E-state index < -0.39 is 0 Å². The summed E-state index contributed by atoms with van der Waals surface area (Å²) >= 11 is 0. The van der Waals surface area contributed by atoms with Crippen LogP contribution in [0.3, 0.4) is 0 Å². The minimum absolute atomic E-state index is 0.819. The summed E-state index contributed by atoms with van der Waals surface area (Å²) in [7, 11) is 0. The van der Waals surface area contributed by atoms with Crippen molar-refractivity contribution in [2.75, 3.05) is 0 Å². The largest absolute Gasteiger partial charge is 0.0614 e. The zero-order valence-electron chi connectivity index (χ0n) is 6.49. The van der Waals surface area contributed by atoms with Crippen molar-refractivity contribution in [3.63, 3.8) is 0 Å². The van der Waals surface area contributed by atoms with E-state index in [9.17, 15) is 0 Å². The van der Waals surface area contributed by atoms with E-state index >= 15 is 0 Å². The molecule has 50 valence electrons. The van der Waals surface area contributed by atoms with E-state index in [-0.39, 0.29) is 0 Å². The van der Waals surface area contributed by atoms with Crippen LogP contribution in [0, 0.1) is 22.2 Å². The molecule has 0 saturated heterocycles. The molecule has 3 fully saturated rings. The van der Waals surface area contributed by atoms with E-state index in [4.69, 9.17) is 0 Å². The lowest BCUT2D eigenvalue weighted by atomic mass is 9.67. The molecule has 0 aromatic carbocycles. The molecule has 0 aliphatic heterocycles. The average molecular weight is 122 g/mol. The van der Waals surface area contributed by atoms with Crippen molar-refractivity contribution in [1.82, 2.24) is 0 Å². The molecule has 0 bridgehead atoms. The molecule has 0 heterocycles. The van der Waals surface area contributed by atoms with Gasteiger partial charge in [-0.2, -0.15) is 0 Å². The van der Waals surface area contributed by atoms with E-state index in [0.717, 1.165) is 22.2 Å². The lowest BCUT2D eigenvalue weighted by Crippen LogP contribution is -2.30. The highest BCUT2D eigenvalue weighted by Crippen LogP contribution is 3.07. The standard InChI is InChI=1S/C9H14/c1-6-8(3)7(2)4-5-9(6,7)8/h6H,4-5H2,1-3H3. The summed E-state index contributed by atoms with van der Waals surface area (Å²) in [4.78, 5) is 0. The molecule has 0 aromatic heterocycles. The molecule has 0 heteroatoms. The fraction of sp³-hybridized carbons (Fsp3) is 1.00. The predicted molar refractivity (Wildman–Crippen MR) is 37.0 cm³/mol. The van der Waals surface area contributed by atoms with Gasteiger partial charge in [0.2, 0.25) is 0 Å². The monoisotopic (exact) mass is 122 g/mol. The first-order valence-corrected chi connectivity index (χ1v) is 4.11. The van der Waals surface area contributed by atoms with Gasteiger partial charge in [0, 0.05) is 0 Å². The maximum atomic E-state index is 2.49. The second-order valence-corrected chi connectivity index (χ2v) is 4.73. The van der Waals surface area contributed by atoms with E-state index in [1.54, 1.807) is 6.42 Å². The third-order valence-corrected chi connectivity index (χ3v) is 5.54. The van der Waals surface area contributed by atoms with Crippen LogP contribution < -0.4 is 0 Å². The smallest absolute Gasteiger partial charge is 0.0145 e. The summed E-state index contributed by atoms with van der Waals surface area (Å²) in [5.74, 6) is 1.07. The molecule has 0 aromatic rings. The van der Waals surface area contributed by atoms with Crippen LogP contribution in [-0.2, 0) is 0 Å². The Hall–Kier alpha value is 0. The molecule has 4 atom stereocenters. The first-order chi connectivity index (χ1) is 4.11. The topological polar surface area (TPSA) is 0 Å². The van der Waals surface area contributed by atoms with Gasteiger partial charge in [-0.05, 0) is 35.0 Å². The Labute approximate surface area is 56.6 Å². The highest BCUT2D eigenvalue weighted by Gasteiger charge is 3.02. The van der Waals surface area contributed by atoms with Crippen molar-refractivity contribution in [1.29, 1.82) is 0 Å². The van der Waals surface area contributed by atoms with Gasteiger partial charge in [0.25, 0.3) is 0 Å². The van der Waals surface area contributed by atoms with Gasteiger partial charge in [0.05, 0.1) is 0 Å². The van der Waals surface area contributed by atoms with Gasteiger partial charge in [-0.1, -0.05) is 20.8 Å². The summed E-state index contributed by atoms with van der Waals surface area (Å²) in [6.07, 6.45) is 3.06. The van der Waals surface area contributed by atoms with Crippen molar-refractivity contribution >= 4 is 0 Å². The summed E-state index contributed by atoms with van der Waals surface area (Å²) in [6.45, 7) is 7.40. The number of fused-ring (bicyclic) bond motifs is 1. The Balaban J connectivity index is 2.11. The van der Waals surface area contributed by atoms with Crippen LogP contribution in [0.25, 0.3) is 0 Å². The fourth-order valence-corrected chi connectivity index (χ4v) is 4.46. The quantitative estimate of drug-likeness (QED) is 0.463. The maximum Gasteiger partial charge on any atom is -0.0145 e. The van der Waals surface area contributed by atoms with Crippen LogP contribution in [-0.4, -0.2) is 0 Å². The molecule has 3 aliphatic carbocycles. The van der Waals surface area contributed by atoms with E-state index in [0.29, 0.717) is 0 Å². The minimum atomic E-state index is 0.819. The third-order valence-electron chi connectivity index (χ3n) is 5.54. The SMILES string of the molecule is CC1C2(C)C3(C)CCC132. The van der Waals surface area contributed by atoms with Gasteiger partial charge >= 0.3 is 0 Å². The van der Waals surface area contributed by atoms with Gasteiger partial charge in [0.1, 0.15) is 0 Å². The van der Waals surface area contributed by atoms with Crippen molar-refractivity contribution in [2.24, 2.45) is 22.2 Å². The normalized spacial score (nSPS) is 82.3. The summed E-state index contributed by atoms with van der Waals surface area (Å²) in [5, 5.41) is 0. The number of rotatable bonds is 0. The van der Waals surface area contributed by atoms with Crippen molar-refractivity contribution < 1.29 is 0 Å². The van der Waals surface area contributed by atoms with Gasteiger partial charge < -0.3 is 0 Å². The van der Waals surface area contributed by atoms with Gasteiger partial charge in [-0.15, -0.1) is 0 Å². The third kappa shape index (κ3) is 0.163. The second kappa shape index (κ2) is 0.741. The Morgan fingerprint density at radius 2 is 1.89 bits per heavy atom. The molecule has 3 aliphatic rings. The summed E-state index contributed by atoms with van der Waals surface area (Å²) in [6, 6.07) is 0. The lowest BCUT2D eigenvalue weighted by Gasteiger charge is -2.37. The first kappa shape index (κ1) is 4.76. The predicted octanol–water partition coefficient (Wildman–Crippen LogP) is 2.44. The Kier molecular flexibility index (Phi) is 0.392. The molecule has 1 spiro atoms. The van der Waals surface area contributed by atoms with Crippen molar-refractivity contribution in [3.05, 3.63) is 0 Å². The van der Waals surface area contributed by atoms with E-state index in [1.807, 2.05) is 0 Å². The van der Waals surface area contributed by atoms with E-state index in [1.165, 1.54) is 6.42 Å². The van der Waals surface area contributed by atoms with Gasteiger partial charge in [0.15, 0.2) is 0 Å². The average Bonchev–Trinajstić information content (AvgIpc) is 2.41. The number of hydrogen-bond donors (Lipinski definition) is 0. The van der Waals surface area contributed by atoms with Gasteiger partial charge in [-0.25, -0.2) is 0 Å². The zero-order valence-corrected chi connectivity index (χ0v) is 6.49. The van der Waals surface area contributed by atoms with Crippen LogP contribution in [0.15, 0.2) is 0 Å². The minimum Gasteiger partial charge on any atom is -0.0614 e. The summed E-state index contributed by atoms with van der Waals surface area (Å²) < 4.78 is 0. The molecule has 4 unspecified atom stereocenters. The van der Waals surface area contributed by atoms with Crippen LogP contribution in [0.1, 0.15) is 33.6 Å². The van der Waals surface area contributed by atoms with Crippen LogP contribution in [0.2, 0.25) is 0 Å². The molecular weight excluding hydrogens is 108 g/mol. The summed E-state index contributed by atoms with van der Waals surface area (Å²) in [5.41, 5.74) is 2.54. The molecular formula is C9H14. The molecule has 0 radical (unpaired) electrons. The van der Waals surface area contributed by atoms with Crippen molar-refractivity contribution in [3.8, 4) is 0 Å². The van der Waals surface area contributed by atoms with E-state index in [2.05, 4.69) is 20.8 Å². The number of hydrogen-bond acceptors (Lipinski definition) is 0. The second-order valence-electron chi connectivity index (χ2n) is 4.73.